The average Bonchev–Trinajstić information content (AvgIpc) is 3.10. The summed E-state index contributed by atoms with van der Waals surface area (Å²) in [5.41, 5.74) is 6.69. The number of halogens is 3. The second kappa shape index (κ2) is 10.3. The van der Waals surface area contributed by atoms with E-state index in [1.165, 1.54) is 18.2 Å². The Morgan fingerprint density at radius 1 is 1.00 bits per heavy atom. The summed E-state index contributed by atoms with van der Waals surface area (Å²) < 4.78 is 12.0. The van der Waals surface area contributed by atoms with Crippen LogP contribution in [0.15, 0.2) is 58.6 Å². The van der Waals surface area contributed by atoms with Gasteiger partial charge in [-0.3, -0.25) is 15.0 Å². The number of anilines is 1. The van der Waals surface area contributed by atoms with Gasteiger partial charge in [0.25, 0.3) is 11.8 Å². The summed E-state index contributed by atoms with van der Waals surface area (Å²) >= 11 is 15.7. The Kier molecular flexibility index (Phi) is 7.40. The molecule has 0 saturated carbocycles. The van der Waals surface area contributed by atoms with E-state index in [1.807, 2.05) is 26.0 Å². The molecule has 0 atom stereocenters. The number of carbonyl (C=O) groups excluding carboxylic acids is 2. The maximum Gasteiger partial charge on any atom is 0.282 e. The zero-order valence-corrected chi connectivity index (χ0v) is 22.2. The van der Waals surface area contributed by atoms with E-state index in [0.717, 1.165) is 16.7 Å². The zero-order chi connectivity index (χ0) is 25.3. The van der Waals surface area contributed by atoms with Crippen molar-refractivity contribution in [3.63, 3.8) is 0 Å². The monoisotopic (exact) mass is 574 g/mol. The quantitative estimate of drug-likeness (QED) is 0.272. The summed E-state index contributed by atoms with van der Waals surface area (Å²) in [4.78, 5) is 25.7. The molecule has 1 aliphatic rings. The SMILES string of the molecule is COc1cc(/C=C2/C(=O)NN(c3ccc(C)c(C)c3)C2=O)c(Br)cc1OCc1ccc(Cl)cc1Cl. The van der Waals surface area contributed by atoms with E-state index in [1.54, 1.807) is 36.4 Å². The molecule has 0 aliphatic carbocycles. The van der Waals surface area contributed by atoms with Gasteiger partial charge in [-0.25, -0.2) is 5.01 Å². The number of nitrogens with one attached hydrogen (secondary N) is 1. The van der Waals surface area contributed by atoms with E-state index in [0.29, 0.717) is 37.3 Å². The van der Waals surface area contributed by atoms with Gasteiger partial charge in [-0.05, 0) is 73.0 Å². The lowest BCUT2D eigenvalue weighted by Crippen LogP contribution is -2.35. The number of hydrogen-bond donors (Lipinski definition) is 1. The van der Waals surface area contributed by atoms with E-state index >= 15 is 0 Å². The van der Waals surface area contributed by atoms with E-state index in [-0.39, 0.29) is 12.2 Å². The zero-order valence-electron chi connectivity index (χ0n) is 19.1. The second-order valence-corrected chi connectivity index (χ2v) is 9.66. The predicted octanol–water partition coefficient (Wildman–Crippen LogP) is 6.42. The first-order valence-corrected chi connectivity index (χ1v) is 12.1. The maximum atomic E-state index is 13.0. The fourth-order valence-electron chi connectivity index (χ4n) is 3.49. The van der Waals surface area contributed by atoms with Crippen molar-refractivity contribution in [3.8, 4) is 11.5 Å². The molecule has 1 aliphatic heterocycles. The van der Waals surface area contributed by atoms with Crippen LogP contribution >= 0.6 is 39.1 Å². The first-order chi connectivity index (χ1) is 16.7. The Morgan fingerprint density at radius 3 is 2.46 bits per heavy atom. The standard InChI is InChI=1S/C26H21BrCl2N2O4/c1-14-4-7-19(8-15(14)2)31-26(33)20(25(32)30-31)9-17-10-23(34-3)24(12-21(17)27)35-13-16-5-6-18(28)11-22(16)29/h4-12H,13H2,1-3H3,(H,30,32)/b20-9-. The minimum atomic E-state index is -0.489. The lowest BCUT2D eigenvalue weighted by Gasteiger charge is -2.16. The van der Waals surface area contributed by atoms with Crippen molar-refractivity contribution in [1.29, 1.82) is 0 Å². The van der Waals surface area contributed by atoms with Crippen molar-refractivity contribution in [1.82, 2.24) is 5.43 Å². The van der Waals surface area contributed by atoms with E-state index in [9.17, 15) is 9.59 Å². The minimum absolute atomic E-state index is 0.00703. The van der Waals surface area contributed by atoms with Crippen LogP contribution in [0.1, 0.15) is 22.3 Å². The molecule has 35 heavy (non-hydrogen) atoms. The Hall–Kier alpha value is -3.00. The molecule has 6 nitrogen and oxygen atoms in total. The summed E-state index contributed by atoms with van der Waals surface area (Å²) in [6.45, 7) is 4.13. The summed E-state index contributed by atoms with van der Waals surface area (Å²) in [7, 11) is 1.51. The number of ether oxygens (including phenoxy) is 2. The highest BCUT2D eigenvalue weighted by Gasteiger charge is 2.34. The maximum absolute atomic E-state index is 13.0. The predicted molar refractivity (Wildman–Crippen MR) is 141 cm³/mol. The van der Waals surface area contributed by atoms with Gasteiger partial charge in [0.2, 0.25) is 0 Å². The lowest BCUT2D eigenvalue weighted by molar-refractivity contribution is -0.117. The van der Waals surface area contributed by atoms with Crippen molar-refractivity contribution in [2.45, 2.75) is 20.5 Å². The molecule has 1 heterocycles. The molecule has 0 spiro atoms. The van der Waals surface area contributed by atoms with Gasteiger partial charge < -0.3 is 9.47 Å². The largest absolute Gasteiger partial charge is 0.493 e. The molecule has 3 aromatic carbocycles. The summed E-state index contributed by atoms with van der Waals surface area (Å²) in [6.07, 6.45) is 1.52. The first kappa shape index (κ1) is 25.1. The van der Waals surface area contributed by atoms with Crippen LogP contribution in [0, 0.1) is 13.8 Å². The molecule has 0 unspecified atom stereocenters. The molecular weight excluding hydrogens is 555 g/mol. The van der Waals surface area contributed by atoms with Crippen LogP contribution in [-0.2, 0) is 16.2 Å². The first-order valence-electron chi connectivity index (χ1n) is 10.6. The minimum Gasteiger partial charge on any atom is -0.493 e. The fraction of sp³-hybridized carbons (Fsp3) is 0.154. The molecule has 0 bridgehead atoms. The Morgan fingerprint density at radius 2 is 1.77 bits per heavy atom. The summed E-state index contributed by atoms with van der Waals surface area (Å²) in [5, 5.41) is 2.29. The third kappa shape index (κ3) is 5.32. The molecule has 0 aromatic heterocycles. The van der Waals surface area contributed by atoms with E-state index in [2.05, 4.69) is 21.4 Å². The number of rotatable bonds is 6. The van der Waals surface area contributed by atoms with Crippen molar-refractivity contribution in [2.24, 2.45) is 0 Å². The number of hydrazine groups is 1. The highest BCUT2D eigenvalue weighted by atomic mass is 79.9. The molecule has 1 fully saturated rings. The van der Waals surface area contributed by atoms with Gasteiger partial charge in [-0.2, -0.15) is 0 Å². The van der Waals surface area contributed by atoms with Crippen molar-refractivity contribution in [3.05, 3.63) is 90.9 Å². The summed E-state index contributed by atoms with van der Waals surface area (Å²) in [6, 6.07) is 14.1. The number of hydrogen-bond acceptors (Lipinski definition) is 4. The topological polar surface area (TPSA) is 67.9 Å². The van der Waals surface area contributed by atoms with Crippen LogP contribution in [0.25, 0.3) is 6.08 Å². The highest BCUT2D eigenvalue weighted by molar-refractivity contribution is 9.10. The third-order valence-electron chi connectivity index (χ3n) is 5.62. The van der Waals surface area contributed by atoms with E-state index in [4.69, 9.17) is 32.7 Å². The molecule has 1 saturated heterocycles. The van der Waals surface area contributed by atoms with Gasteiger partial charge in [0.1, 0.15) is 12.2 Å². The van der Waals surface area contributed by atoms with E-state index < -0.39 is 11.8 Å². The Labute approximate surface area is 221 Å². The molecule has 1 N–H and O–H groups in total. The van der Waals surface area contributed by atoms with Gasteiger partial charge in [-0.15, -0.1) is 0 Å². The number of aryl methyl sites for hydroxylation is 2. The second-order valence-electron chi connectivity index (χ2n) is 7.96. The summed E-state index contributed by atoms with van der Waals surface area (Å²) in [5.74, 6) is -0.0351. The van der Waals surface area contributed by atoms with Gasteiger partial charge in [0.05, 0.1) is 12.8 Å². The number of nitrogens with zero attached hydrogens (tertiary/aromatic N) is 1. The Balaban J connectivity index is 1.60. The number of benzene rings is 3. The van der Waals surface area contributed by atoms with Crippen molar-refractivity contribution >= 4 is 62.7 Å². The van der Waals surface area contributed by atoms with Gasteiger partial charge in [0, 0.05) is 20.1 Å². The van der Waals surface area contributed by atoms with Crippen LogP contribution < -0.4 is 19.9 Å². The van der Waals surface area contributed by atoms with Gasteiger partial charge in [0.15, 0.2) is 11.5 Å². The molecule has 9 heteroatoms. The van der Waals surface area contributed by atoms with Crippen LogP contribution in [-0.4, -0.2) is 18.9 Å². The molecule has 0 radical (unpaired) electrons. The average molecular weight is 576 g/mol. The van der Waals surface area contributed by atoms with Crippen LogP contribution in [0.2, 0.25) is 10.0 Å². The van der Waals surface area contributed by atoms with Gasteiger partial charge in [-0.1, -0.05) is 51.3 Å². The third-order valence-corrected chi connectivity index (χ3v) is 6.89. The molecule has 2 amide bonds. The van der Waals surface area contributed by atoms with Crippen LogP contribution in [0.5, 0.6) is 11.5 Å². The smallest absolute Gasteiger partial charge is 0.282 e. The number of methoxy groups -OCH3 is 1. The van der Waals surface area contributed by atoms with Crippen molar-refractivity contribution in [2.75, 3.05) is 12.1 Å². The van der Waals surface area contributed by atoms with Gasteiger partial charge >= 0.3 is 0 Å². The molecule has 3 aromatic rings. The highest BCUT2D eigenvalue weighted by Crippen LogP contribution is 2.36. The normalized spacial score (nSPS) is 14.5. The van der Waals surface area contributed by atoms with Crippen LogP contribution in [0.3, 0.4) is 0 Å². The molecular formula is C26H21BrCl2N2O4. The van der Waals surface area contributed by atoms with Crippen molar-refractivity contribution < 1.29 is 19.1 Å². The Bertz CT molecular complexity index is 1370. The van der Waals surface area contributed by atoms with Crippen LogP contribution in [0.4, 0.5) is 5.69 Å². The number of amides is 2. The fourth-order valence-corrected chi connectivity index (χ4v) is 4.39. The molecule has 180 valence electrons. The lowest BCUT2D eigenvalue weighted by atomic mass is 10.1. The number of carbonyl (C=O) groups is 2. The molecule has 4 rings (SSSR count).